The predicted molar refractivity (Wildman–Crippen MR) is 74.3 cm³/mol. The van der Waals surface area contributed by atoms with E-state index in [9.17, 15) is 0 Å². The summed E-state index contributed by atoms with van der Waals surface area (Å²) < 4.78 is 15.6. The second-order valence-corrected chi connectivity index (χ2v) is 5.37. The van der Waals surface area contributed by atoms with Crippen molar-refractivity contribution < 1.29 is 14.0 Å². The van der Waals surface area contributed by atoms with Crippen LogP contribution >= 0.6 is 0 Å². The standard InChI is InChI=1S/C14H25N3O3/c1-18-8-9-19-7-6-13-16-14(20-17-13)10-11-4-2-3-5-12(11)15/h11-12H,2-10,15H2,1H3. The predicted octanol–water partition coefficient (Wildman–Crippen LogP) is 1.34. The van der Waals surface area contributed by atoms with Gasteiger partial charge in [0.05, 0.1) is 19.8 Å². The highest BCUT2D eigenvalue weighted by atomic mass is 16.5. The van der Waals surface area contributed by atoms with Crippen LogP contribution in [0.15, 0.2) is 4.52 Å². The molecule has 1 aromatic heterocycles. The summed E-state index contributed by atoms with van der Waals surface area (Å²) >= 11 is 0. The summed E-state index contributed by atoms with van der Waals surface area (Å²) in [6.45, 7) is 1.79. The Balaban J connectivity index is 1.71. The minimum atomic E-state index is 0.275. The van der Waals surface area contributed by atoms with E-state index in [2.05, 4.69) is 10.1 Å². The Labute approximate surface area is 120 Å². The maximum Gasteiger partial charge on any atom is 0.226 e. The maximum absolute atomic E-state index is 6.14. The van der Waals surface area contributed by atoms with Crippen molar-refractivity contribution in [2.45, 2.75) is 44.6 Å². The number of hydrogen-bond donors (Lipinski definition) is 1. The quantitative estimate of drug-likeness (QED) is 0.725. The summed E-state index contributed by atoms with van der Waals surface area (Å²) in [6, 6.07) is 0.275. The lowest BCUT2D eigenvalue weighted by Gasteiger charge is -2.27. The topological polar surface area (TPSA) is 83.4 Å². The number of nitrogens with two attached hydrogens (primary N) is 1. The molecular weight excluding hydrogens is 258 g/mol. The first kappa shape index (κ1) is 15.4. The Morgan fingerprint density at radius 1 is 1.25 bits per heavy atom. The zero-order valence-electron chi connectivity index (χ0n) is 12.2. The molecule has 0 spiro atoms. The molecule has 1 aromatic rings. The lowest BCUT2D eigenvalue weighted by Crippen LogP contribution is -2.34. The summed E-state index contributed by atoms with van der Waals surface area (Å²) in [7, 11) is 1.66. The van der Waals surface area contributed by atoms with E-state index in [1.807, 2.05) is 0 Å². The molecule has 6 heteroatoms. The second-order valence-electron chi connectivity index (χ2n) is 5.37. The number of nitrogens with zero attached hydrogens (tertiary/aromatic N) is 2. The van der Waals surface area contributed by atoms with Crippen LogP contribution in [0.1, 0.15) is 37.4 Å². The molecule has 2 N–H and O–H groups in total. The van der Waals surface area contributed by atoms with Crippen LogP contribution in [0.3, 0.4) is 0 Å². The molecule has 0 aromatic carbocycles. The maximum atomic E-state index is 6.14. The molecule has 2 atom stereocenters. The molecule has 2 rings (SSSR count). The lowest BCUT2D eigenvalue weighted by atomic mass is 9.83. The first-order chi connectivity index (χ1) is 9.79. The van der Waals surface area contributed by atoms with Crippen molar-refractivity contribution in [3.63, 3.8) is 0 Å². The molecule has 1 heterocycles. The third kappa shape index (κ3) is 4.85. The number of methoxy groups -OCH3 is 1. The fourth-order valence-electron chi connectivity index (χ4n) is 2.60. The third-order valence-corrected chi connectivity index (χ3v) is 3.82. The van der Waals surface area contributed by atoms with Gasteiger partial charge >= 0.3 is 0 Å². The van der Waals surface area contributed by atoms with Gasteiger partial charge < -0.3 is 19.7 Å². The Morgan fingerprint density at radius 3 is 2.90 bits per heavy atom. The van der Waals surface area contributed by atoms with Gasteiger partial charge in [-0.2, -0.15) is 4.98 Å². The largest absolute Gasteiger partial charge is 0.382 e. The van der Waals surface area contributed by atoms with E-state index in [4.69, 9.17) is 19.7 Å². The van der Waals surface area contributed by atoms with Crippen molar-refractivity contribution in [3.8, 4) is 0 Å². The molecule has 2 unspecified atom stereocenters. The zero-order valence-corrected chi connectivity index (χ0v) is 12.2. The monoisotopic (exact) mass is 283 g/mol. The average molecular weight is 283 g/mol. The SMILES string of the molecule is COCCOCCc1noc(CC2CCCCC2N)n1. The minimum Gasteiger partial charge on any atom is -0.382 e. The van der Waals surface area contributed by atoms with Gasteiger partial charge in [-0.1, -0.05) is 18.0 Å². The number of ether oxygens (including phenoxy) is 2. The molecule has 20 heavy (non-hydrogen) atoms. The van der Waals surface area contributed by atoms with Gasteiger partial charge in [-0.25, -0.2) is 0 Å². The van der Waals surface area contributed by atoms with Crippen molar-refractivity contribution in [3.05, 3.63) is 11.7 Å². The summed E-state index contributed by atoms with van der Waals surface area (Å²) in [5.41, 5.74) is 6.14. The Hall–Kier alpha value is -0.980. The number of rotatable bonds is 8. The Morgan fingerprint density at radius 2 is 2.10 bits per heavy atom. The molecule has 114 valence electrons. The fourth-order valence-corrected chi connectivity index (χ4v) is 2.60. The molecule has 0 saturated heterocycles. The Kier molecular flexibility index (Phi) is 6.42. The van der Waals surface area contributed by atoms with E-state index >= 15 is 0 Å². The van der Waals surface area contributed by atoms with Crippen LogP contribution in [0.4, 0.5) is 0 Å². The normalized spacial score (nSPS) is 23.1. The minimum absolute atomic E-state index is 0.275. The van der Waals surface area contributed by atoms with Gasteiger partial charge in [0.2, 0.25) is 5.89 Å². The van der Waals surface area contributed by atoms with Crippen LogP contribution < -0.4 is 5.73 Å². The highest BCUT2D eigenvalue weighted by molar-refractivity contribution is 4.91. The van der Waals surface area contributed by atoms with Crippen LogP contribution in [-0.2, 0) is 22.3 Å². The number of aromatic nitrogens is 2. The van der Waals surface area contributed by atoms with Crippen LogP contribution in [0.5, 0.6) is 0 Å². The van der Waals surface area contributed by atoms with Crippen LogP contribution in [0, 0.1) is 5.92 Å². The van der Waals surface area contributed by atoms with E-state index in [1.165, 1.54) is 19.3 Å². The van der Waals surface area contributed by atoms with Crippen molar-refractivity contribution >= 4 is 0 Å². The van der Waals surface area contributed by atoms with Gasteiger partial charge in [0, 0.05) is 26.0 Å². The summed E-state index contributed by atoms with van der Waals surface area (Å²) in [6.07, 6.45) is 6.25. The molecule has 6 nitrogen and oxygen atoms in total. The van der Waals surface area contributed by atoms with E-state index in [0.717, 1.165) is 12.8 Å². The van der Waals surface area contributed by atoms with Crippen molar-refractivity contribution in [1.82, 2.24) is 10.1 Å². The smallest absolute Gasteiger partial charge is 0.226 e. The van der Waals surface area contributed by atoms with E-state index < -0.39 is 0 Å². The molecule has 0 bridgehead atoms. The first-order valence-corrected chi connectivity index (χ1v) is 7.43. The molecule has 0 amide bonds. The van der Waals surface area contributed by atoms with Crippen molar-refractivity contribution in [2.75, 3.05) is 26.9 Å². The fraction of sp³-hybridized carbons (Fsp3) is 0.857. The first-order valence-electron chi connectivity index (χ1n) is 7.43. The van der Waals surface area contributed by atoms with Gasteiger partial charge in [-0.05, 0) is 18.8 Å². The molecule has 1 fully saturated rings. The molecule has 1 aliphatic carbocycles. The highest BCUT2D eigenvalue weighted by Crippen LogP contribution is 2.25. The molecule has 1 saturated carbocycles. The van der Waals surface area contributed by atoms with Crippen molar-refractivity contribution in [1.29, 1.82) is 0 Å². The van der Waals surface area contributed by atoms with Gasteiger partial charge in [0.25, 0.3) is 0 Å². The van der Waals surface area contributed by atoms with Gasteiger partial charge in [-0.3, -0.25) is 0 Å². The van der Waals surface area contributed by atoms with Gasteiger partial charge in [0.1, 0.15) is 0 Å². The van der Waals surface area contributed by atoms with Crippen LogP contribution in [0.25, 0.3) is 0 Å². The van der Waals surface area contributed by atoms with E-state index in [-0.39, 0.29) is 6.04 Å². The summed E-state index contributed by atoms with van der Waals surface area (Å²) in [4.78, 5) is 4.41. The van der Waals surface area contributed by atoms with Crippen LogP contribution in [0.2, 0.25) is 0 Å². The van der Waals surface area contributed by atoms with E-state index in [1.54, 1.807) is 7.11 Å². The van der Waals surface area contributed by atoms with Crippen LogP contribution in [-0.4, -0.2) is 43.1 Å². The molecule has 1 aliphatic rings. The zero-order chi connectivity index (χ0) is 14.2. The van der Waals surface area contributed by atoms with Crippen molar-refractivity contribution in [2.24, 2.45) is 11.7 Å². The molecule has 0 radical (unpaired) electrons. The third-order valence-electron chi connectivity index (χ3n) is 3.82. The van der Waals surface area contributed by atoms with Gasteiger partial charge in [-0.15, -0.1) is 0 Å². The summed E-state index contributed by atoms with van der Waals surface area (Å²) in [5, 5.41) is 3.99. The second kappa shape index (κ2) is 8.34. The Bertz CT molecular complexity index is 383. The molecular formula is C14H25N3O3. The van der Waals surface area contributed by atoms with Gasteiger partial charge in [0.15, 0.2) is 5.82 Å². The lowest BCUT2D eigenvalue weighted by molar-refractivity contribution is 0.0714. The average Bonchev–Trinajstić information content (AvgIpc) is 2.89. The molecule has 0 aliphatic heterocycles. The highest BCUT2D eigenvalue weighted by Gasteiger charge is 2.24. The van der Waals surface area contributed by atoms with E-state index in [0.29, 0.717) is 43.9 Å². The summed E-state index contributed by atoms with van der Waals surface area (Å²) in [5.74, 6) is 1.90. The number of hydrogen-bond acceptors (Lipinski definition) is 6.